The highest BCUT2D eigenvalue weighted by atomic mass is 16.7. The maximum atomic E-state index is 6.27. The van der Waals surface area contributed by atoms with Gasteiger partial charge in [-0.15, -0.1) is 0 Å². The molecule has 2 aromatic carbocycles. The number of fused-ring (bicyclic) bond motifs is 2. The van der Waals surface area contributed by atoms with Crippen LogP contribution in [0.3, 0.4) is 0 Å². The second-order valence-corrected chi connectivity index (χ2v) is 8.78. The first-order chi connectivity index (χ1) is 15.6. The average molecular weight is 439 g/mol. The molecule has 2 saturated heterocycles. The lowest BCUT2D eigenvalue weighted by atomic mass is 9.85. The van der Waals surface area contributed by atoms with Gasteiger partial charge in [0.1, 0.15) is 0 Å². The molecular formula is C26H30O6. The predicted octanol–water partition coefficient (Wildman–Crippen LogP) is 5.23. The summed E-state index contributed by atoms with van der Waals surface area (Å²) in [6.07, 6.45) is 3.03. The Balaban J connectivity index is 1.29. The van der Waals surface area contributed by atoms with Gasteiger partial charge in [0, 0.05) is 11.8 Å². The van der Waals surface area contributed by atoms with Crippen LogP contribution in [0.1, 0.15) is 43.6 Å². The van der Waals surface area contributed by atoms with Gasteiger partial charge in [-0.05, 0) is 55.7 Å². The Bertz CT molecular complexity index is 996. The molecule has 0 N–H and O–H groups in total. The van der Waals surface area contributed by atoms with Crippen LogP contribution in [-0.4, -0.2) is 33.7 Å². The van der Waals surface area contributed by atoms with Crippen molar-refractivity contribution < 1.29 is 28.4 Å². The summed E-state index contributed by atoms with van der Waals surface area (Å²) >= 11 is 0. The molecule has 0 bridgehead atoms. The Morgan fingerprint density at radius 1 is 0.906 bits per heavy atom. The van der Waals surface area contributed by atoms with Crippen molar-refractivity contribution in [3.63, 3.8) is 0 Å². The zero-order valence-corrected chi connectivity index (χ0v) is 18.8. The summed E-state index contributed by atoms with van der Waals surface area (Å²) < 4.78 is 35.1. The van der Waals surface area contributed by atoms with E-state index in [9.17, 15) is 0 Å². The van der Waals surface area contributed by atoms with Crippen molar-refractivity contribution >= 4 is 0 Å². The predicted molar refractivity (Wildman–Crippen MR) is 119 cm³/mol. The van der Waals surface area contributed by atoms with Crippen molar-refractivity contribution in [2.24, 2.45) is 11.8 Å². The molecule has 0 radical (unpaired) electrons. The highest BCUT2D eigenvalue weighted by Gasteiger charge is 2.48. The maximum absolute atomic E-state index is 6.27. The molecule has 0 unspecified atom stereocenters. The number of allylic oxidation sites excluding steroid dienone is 1. The standard InChI is InChI=1S/C26H30O6/c1-16(2)5-4-10-28-21-8-6-17(11-23(21)27-3)25-19-13-30-26(20(19)14-29-25)18-7-9-22-24(12-18)32-15-31-22/h5-9,11-12,19-20,25-26H,4,10,13-15H2,1-3H3/t19-,20-,25+,26+/m0/s1. The van der Waals surface area contributed by atoms with Gasteiger partial charge in [-0.1, -0.05) is 23.8 Å². The van der Waals surface area contributed by atoms with Gasteiger partial charge in [-0.25, -0.2) is 0 Å². The molecule has 3 aliphatic heterocycles. The van der Waals surface area contributed by atoms with Crippen molar-refractivity contribution in [1.82, 2.24) is 0 Å². The molecule has 0 amide bonds. The van der Waals surface area contributed by atoms with E-state index in [1.807, 2.05) is 24.3 Å². The van der Waals surface area contributed by atoms with Gasteiger partial charge >= 0.3 is 0 Å². The summed E-state index contributed by atoms with van der Waals surface area (Å²) in [6, 6.07) is 12.2. The smallest absolute Gasteiger partial charge is 0.231 e. The number of methoxy groups -OCH3 is 1. The van der Waals surface area contributed by atoms with Gasteiger partial charge in [0.05, 0.1) is 39.1 Å². The second kappa shape index (κ2) is 9.04. The maximum Gasteiger partial charge on any atom is 0.231 e. The first-order valence-electron chi connectivity index (χ1n) is 11.2. The highest BCUT2D eigenvalue weighted by molar-refractivity contribution is 5.46. The van der Waals surface area contributed by atoms with Crippen LogP contribution < -0.4 is 18.9 Å². The molecule has 32 heavy (non-hydrogen) atoms. The second-order valence-electron chi connectivity index (χ2n) is 8.78. The van der Waals surface area contributed by atoms with Gasteiger partial charge in [-0.3, -0.25) is 0 Å². The molecule has 170 valence electrons. The number of benzene rings is 2. The monoisotopic (exact) mass is 438 g/mol. The lowest BCUT2D eigenvalue weighted by Crippen LogP contribution is -2.14. The molecule has 0 saturated carbocycles. The van der Waals surface area contributed by atoms with Gasteiger partial charge in [0.2, 0.25) is 6.79 Å². The third-order valence-electron chi connectivity index (χ3n) is 6.43. The van der Waals surface area contributed by atoms with Crippen molar-refractivity contribution in [2.45, 2.75) is 32.5 Å². The van der Waals surface area contributed by atoms with Gasteiger partial charge in [-0.2, -0.15) is 0 Å². The molecule has 2 fully saturated rings. The Kier molecular flexibility index (Phi) is 5.98. The van der Waals surface area contributed by atoms with E-state index in [2.05, 4.69) is 32.1 Å². The van der Waals surface area contributed by atoms with Crippen molar-refractivity contribution in [3.05, 3.63) is 59.2 Å². The van der Waals surface area contributed by atoms with E-state index in [4.69, 9.17) is 28.4 Å². The third kappa shape index (κ3) is 4.05. The Morgan fingerprint density at radius 3 is 2.31 bits per heavy atom. The lowest BCUT2D eigenvalue weighted by Gasteiger charge is -2.19. The van der Waals surface area contributed by atoms with E-state index in [1.165, 1.54) is 5.57 Å². The lowest BCUT2D eigenvalue weighted by molar-refractivity contribution is 0.0191. The van der Waals surface area contributed by atoms with Crippen molar-refractivity contribution in [1.29, 1.82) is 0 Å². The summed E-state index contributed by atoms with van der Waals surface area (Å²) in [5.41, 5.74) is 3.51. The fourth-order valence-corrected chi connectivity index (χ4v) is 4.82. The molecule has 2 aromatic rings. The zero-order valence-electron chi connectivity index (χ0n) is 18.8. The summed E-state index contributed by atoms with van der Waals surface area (Å²) in [5, 5.41) is 0. The number of hydrogen-bond acceptors (Lipinski definition) is 6. The Hall–Kier alpha value is -2.70. The largest absolute Gasteiger partial charge is 0.493 e. The molecule has 5 rings (SSSR count). The summed E-state index contributed by atoms with van der Waals surface area (Å²) in [6.45, 7) is 6.41. The van der Waals surface area contributed by atoms with Crippen LogP contribution in [0, 0.1) is 11.8 Å². The molecule has 4 atom stereocenters. The zero-order chi connectivity index (χ0) is 22.1. The Morgan fingerprint density at radius 2 is 1.59 bits per heavy atom. The molecule has 0 spiro atoms. The molecule has 0 aliphatic carbocycles. The number of ether oxygens (including phenoxy) is 6. The quantitative estimate of drug-likeness (QED) is 0.436. The molecule has 6 nitrogen and oxygen atoms in total. The van der Waals surface area contributed by atoms with Crippen LogP contribution in [0.25, 0.3) is 0 Å². The Labute approximate surface area is 189 Å². The van der Waals surface area contributed by atoms with Crippen LogP contribution in [-0.2, 0) is 9.47 Å². The average Bonchev–Trinajstić information content (AvgIpc) is 3.52. The van der Waals surface area contributed by atoms with Crippen LogP contribution in [0.15, 0.2) is 48.0 Å². The third-order valence-corrected chi connectivity index (χ3v) is 6.43. The van der Waals surface area contributed by atoms with E-state index < -0.39 is 0 Å². The van der Waals surface area contributed by atoms with Crippen LogP contribution in [0.5, 0.6) is 23.0 Å². The van der Waals surface area contributed by atoms with E-state index >= 15 is 0 Å². The molecular weight excluding hydrogens is 408 g/mol. The minimum absolute atomic E-state index is 0.000853. The van der Waals surface area contributed by atoms with Gasteiger partial charge in [0.15, 0.2) is 23.0 Å². The van der Waals surface area contributed by atoms with E-state index in [1.54, 1.807) is 7.11 Å². The van der Waals surface area contributed by atoms with Crippen LogP contribution in [0.2, 0.25) is 0 Å². The van der Waals surface area contributed by atoms with Crippen molar-refractivity contribution in [2.75, 3.05) is 33.7 Å². The van der Waals surface area contributed by atoms with Crippen LogP contribution in [0.4, 0.5) is 0 Å². The summed E-state index contributed by atoms with van der Waals surface area (Å²) in [7, 11) is 1.68. The SMILES string of the molecule is COc1cc([C@H]2OC[C@H]3[C@@H]2CO[C@@H]3c2ccc3c(c2)OCO3)ccc1OCCC=C(C)C. The van der Waals surface area contributed by atoms with E-state index in [0.717, 1.165) is 40.5 Å². The van der Waals surface area contributed by atoms with E-state index in [0.29, 0.717) is 31.7 Å². The van der Waals surface area contributed by atoms with E-state index in [-0.39, 0.29) is 19.0 Å². The highest BCUT2D eigenvalue weighted by Crippen LogP contribution is 2.51. The van der Waals surface area contributed by atoms with Crippen molar-refractivity contribution in [3.8, 4) is 23.0 Å². The fraction of sp³-hybridized carbons (Fsp3) is 0.462. The van der Waals surface area contributed by atoms with Gasteiger partial charge in [0.25, 0.3) is 0 Å². The van der Waals surface area contributed by atoms with Crippen LogP contribution >= 0.6 is 0 Å². The topological polar surface area (TPSA) is 55.4 Å². The molecule has 3 aliphatic rings. The number of rotatable bonds is 7. The molecule has 3 heterocycles. The molecule has 6 heteroatoms. The first kappa shape index (κ1) is 21.2. The molecule has 0 aromatic heterocycles. The fourth-order valence-electron chi connectivity index (χ4n) is 4.82. The number of hydrogen-bond donors (Lipinski definition) is 0. The normalized spacial score (nSPS) is 25.5. The van der Waals surface area contributed by atoms with Gasteiger partial charge < -0.3 is 28.4 Å². The first-order valence-corrected chi connectivity index (χ1v) is 11.2. The minimum Gasteiger partial charge on any atom is -0.493 e. The minimum atomic E-state index is -0.0207. The summed E-state index contributed by atoms with van der Waals surface area (Å²) in [4.78, 5) is 0. The summed E-state index contributed by atoms with van der Waals surface area (Å²) in [5.74, 6) is 3.66.